The standard InChI is InChI=1S/C90H156N2O6S/c1-7-13-19-25-31-37-43-49-55-61-69-93-83-75-79(76-84(94-70-62-56-50-44-38-32-26-20-14-8-2)89(83)97-73-65-59-53-47-41-35-29-23-17-11-5)81-67-68-82(88-87(81)91-99-92-88)80-77-85(95-71-63-57-51-45-39-33-27-21-15-9-3)90(98-74-66-60-54-48-42-36-30-24-18-12-6)86(78-80)96-72-64-58-52-46-40-34-28-22-16-10-4/h67-68,75-78H,7-66,69-74H2,1-6H3. The molecule has 8 nitrogen and oxygen atoms in total. The molecule has 0 fully saturated rings. The predicted molar refractivity (Wildman–Crippen MR) is 432 cm³/mol. The van der Waals surface area contributed by atoms with Gasteiger partial charge in [0, 0.05) is 11.1 Å². The molecule has 0 aliphatic rings. The first-order chi connectivity index (χ1) is 49.1. The maximum absolute atomic E-state index is 6.95. The molecule has 0 spiro atoms. The molecule has 0 atom stereocenters. The Kier molecular flexibility index (Phi) is 56.6. The van der Waals surface area contributed by atoms with Crippen molar-refractivity contribution in [2.45, 2.75) is 427 Å². The van der Waals surface area contributed by atoms with Crippen LogP contribution in [0.25, 0.3) is 33.3 Å². The summed E-state index contributed by atoms with van der Waals surface area (Å²) in [5.41, 5.74) is 5.81. The molecular formula is C90H156N2O6S. The van der Waals surface area contributed by atoms with Crippen LogP contribution in [-0.4, -0.2) is 48.4 Å². The van der Waals surface area contributed by atoms with Crippen molar-refractivity contribution in [2.24, 2.45) is 0 Å². The Hall–Kier alpha value is -3.72. The normalized spacial score (nSPS) is 11.6. The van der Waals surface area contributed by atoms with Gasteiger partial charge in [0.2, 0.25) is 11.5 Å². The molecule has 0 unspecified atom stereocenters. The molecule has 0 saturated heterocycles. The van der Waals surface area contributed by atoms with E-state index >= 15 is 0 Å². The SMILES string of the molecule is CCCCCCCCCCCCOc1cc(-c2ccc(-c3cc(OCCCCCCCCCCCC)c(OCCCCCCCCCCCC)c(OCCCCCCCCCCCC)c3)c3nsnc23)cc(OCCCCCCCCCCCC)c1OCCCCCCCCCCCC. The van der Waals surface area contributed by atoms with Crippen molar-refractivity contribution < 1.29 is 28.4 Å². The maximum atomic E-state index is 6.95. The topological polar surface area (TPSA) is 81.2 Å². The van der Waals surface area contributed by atoms with E-state index in [0.717, 1.165) is 106 Å². The highest BCUT2D eigenvalue weighted by atomic mass is 32.1. The molecule has 9 heteroatoms. The number of hydrogen-bond acceptors (Lipinski definition) is 9. The van der Waals surface area contributed by atoms with Crippen LogP contribution in [0.5, 0.6) is 34.5 Å². The molecule has 0 radical (unpaired) electrons. The number of ether oxygens (including phenoxy) is 6. The van der Waals surface area contributed by atoms with Crippen LogP contribution in [0.1, 0.15) is 427 Å². The smallest absolute Gasteiger partial charge is 0.203 e. The van der Waals surface area contributed by atoms with Crippen molar-refractivity contribution in [2.75, 3.05) is 39.6 Å². The highest BCUT2D eigenvalue weighted by Crippen LogP contribution is 2.47. The summed E-state index contributed by atoms with van der Waals surface area (Å²) in [5, 5.41) is 0. The average Bonchev–Trinajstić information content (AvgIpc) is 1.75. The van der Waals surface area contributed by atoms with Crippen LogP contribution in [0.4, 0.5) is 0 Å². The summed E-state index contributed by atoms with van der Waals surface area (Å²) in [6.45, 7) is 17.7. The van der Waals surface area contributed by atoms with Gasteiger partial charge in [-0.25, -0.2) is 0 Å². The largest absolute Gasteiger partial charge is 0.490 e. The monoisotopic (exact) mass is 1390 g/mol. The van der Waals surface area contributed by atoms with Gasteiger partial charge in [0.1, 0.15) is 11.0 Å². The second-order valence-corrected chi connectivity index (χ2v) is 30.4. The molecule has 3 aromatic carbocycles. The van der Waals surface area contributed by atoms with Crippen LogP contribution >= 0.6 is 11.7 Å². The Morgan fingerprint density at radius 2 is 0.374 bits per heavy atom. The lowest BCUT2D eigenvalue weighted by Crippen LogP contribution is -2.07. The highest BCUT2D eigenvalue weighted by Gasteiger charge is 2.23. The number of aromatic nitrogens is 2. The predicted octanol–water partition coefficient (Wildman–Crippen LogP) is 30.8. The quantitative estimate of drug-likeness (QED) is 0.0405. The fraction of sp³-hybridized carbons (Fsp3) is 0.800. The van der Waals surface area contributed by atoms with Crippen molar-refractivity contribution >= 4 is 22.8 Å². The first-order valence-electron chi connectivity index (χ1n) is 43.5. The molecule has 4 rings (SSSR count). The summed E-state index contributed by atoms with van der Waals surface area (Å²) in [7, 11) is 0. The first kappa shape index (κ1) is 87.7. The lowest BCUT2D eigenvalue weighted by molar-refractivity contribution is 0.234. The second kappa shape index (κ2) is 63.9. The third-order valence-corrected chi connectivity index (χ3v) is 21.1. The second-order valence-electron chi connectivity index (χ2n) is 29.9. The van der Waals surface area contributed by atoms with E-state index in [-0.39, 0.29) is 0 Å². The molecule has 0 N–H and O–H groups in total. The van der Waals surface area contributed by atoms with Gasteiger partial charge in [-0.3, -0.25) is 0 Å². The van der Waals surface area contributed by atoms with Gasteiger partial charge in [-0.2, -0.15) is 8.75 Å². The Bertz CT molecular complexity index is 2180. The van der Waals surface area contributed by atoms with Crippen LogP contribution < -0.4 is 28.4 Å². The molecule has 1 heterocycles. The molecule has 0 aliphatic carbocycles. The van der Waals surface area contributed by atoms with Gasteiger partial charge in [-0.05, 0) is 73.9 Å². The van der Waals surface area contributed by atoms with Gasteiger partial charge in [-0.15, -0.1) is 0 Å². The third kappa shape index (κ3) is 42.6. The van der Waals surface area contributed by atoms with Crippen molar-refractivity contribution in [3.8, 4) is 56.8 Å². The van der Waals surface area contributed by atoms with E-state index < -0.39 is 0 Å². The Morgan fingerprint density at radius 3 is 0.556 bits per heavy atom. The van der Waals surface area contributed by atoms with E-state index in [9.17, 15) is 0 Å². The fourth-order valence-electron chi connectivity index (χ4n) is 14.1. The molecule has 0 bridgehead atoms. The summed E-state index contributed by atoms with van der Waals surface area (Å²) in [4.78, 5) is 0. The van der Waals surface area contributed by atoms with Gasteiger partial charge in [0.25, 0.3) is 0 Å². The number of fused-ring (bicyclic) bond motifs is 1. The summed E-state index contributed by atoms with van der Waals surface area (Å²) in [6, 6.07) is 13.4. The summed E-state index contributed by atoms with van der Waals surface area (Å²) in [6.07, 6.45) is 77.2. The molecular weight excluding hydrogens is 1240 g/mol. The molecule has 4 aromatic rings. The van der Waals surface area contributed by atoms with Crippen LogP contribution in [-0.2, 0) is 0 Å². The van der Waals surface area contributed by atoms with Gasteiger partial charge in [-0.1, -0.05) is 400 Å². The summed E-state index contributed by atoms with van der Waals surface area (Å²) >= 11 is 1.29. The Balaban J connectivity index is 1.70. The van der Waals surface area contributed by atoms with E-state index in [0.29, 0.717) is 39.6 Å². The zero-order valence-electron chi connectivity index (χ0n) is 65.9. The number of rotatable bonds is 74. The van der Waals surface area contributed by atoms with Crippen molar-refractivity contribution in [3.63, 3.8) is 0 Å². The zero-order chi connectivity index (χ0) is 70.2. The molecule has 0 amide bonds. The van der Waals surface area contributed by atoms with Gasteiger partial charge in [0.05, 0.1) is 51.4 Å². The van der Waals surface area contributed by atoms with Crippen LogP contribution in [0.3, 0.4) is 0 Å². The minimum atomic E-state index is 0.644. The van der Waals surface area contributed by atoms with Gasteiger partial charge in [0.15, 0.2) is 23.0 Å². The van der Waals surface area contributed by atoms with Gasteiger partial charge < -0.3 is 28.4 Å². The van der Waals surface area contributed by atoms with Crippen molar-refractivity contribution in [1.29, 1.82) is 0 Å². The number of nitrogens with zero attached hydrogens (tertiary/aromatic N) is 2. The summed E-state index contributed by atoms with van der Waals surface area (Å²) < 4.78 is 51.9. The molecule has 0 aliphatic heterocycles. The third-order valence-electron chi connectivity index (χ3n) is 20.6. The Morgan fingerprint density at radius 1 is 0.212 bits per heavy atom. The van der Waals surface area contributed by atoms with Gasteiger partial charge >= 0.3 is 0 Å². The van der Waals surface area contributed by atoms with E-state index in [1.165, 1.54) is 358 Å². The lowest BCUT2D eigenvalue weighted by Gasteiger charge is -2.20. The molecule has 0 saturated carbocycles. The fourth-order valence-corrected chi connectivity index (χ4v) is 14.7. The van der Waals surface area contributed by atoms with Crippen LogP contribution in [0, 0.1) is 0 Å². The minimum absolute atomic E-state index is 0.644. The number of unbranched alkanes of at least 4 members (excludes halogenated alkanes) is 54. The zero-order valence-corrected chi connectivity index (χ0v) is 66.7. The number of hydrogen-bond donors (Lipinski definition) is 0. The first-order valence-corrected chi connectivity index (χ1v) is 44.2. The van der Waals surface area contributed by atoms with E-state index in [1.807, 2.05) is 0 Å². The molecule has 568 valence electrons. The molecule has 1 aromatic heterocycles. The maximum Gasteiger partial charge on any atom is 0.203 e. The minimum Gasteiger partial charge on any atom is -0.490 e. The van der Waals surface area contributed by atoms with Crippen molar-refractivity contribution in [1.82, 2.24) is 8.75 Å². The number of benzene rings is 3. The van der Waals surface area contributed by atoms with E-state index in [1.54, 1.807) is 0 Å². The van der Waals surface area contributed by atoms with Crippen LogP contribution in [0.2, 0.25) is 0 Å². The molecule has 99 heavy (non-hydrogen) atoms. The van der Waals surface area contributed by atoms with Crippen LogP contribution in [0.15, 0.2) is 36.4 Å². The lowest BCUT2D eigenvalue weighted by atomic mass is 9.96. The van der Waals surface area contributed by atoms with E-state index in [2.05, 4.69) is 77.9 Å². The van der Waals surface area contributed by atoms with E-state index in [4.69, 9.17) is 37.2 Å². The Labute approximate surface area is 616 Å². The average molecular weight is 1390 g/mol. The van der Waals surface area contributed by atoms with Crippen molar-refractivity contribution in [3.05, 3.63) is 36.4 Å². The highest BCUT2D eigenvalue weighted by molar-refractivity contribution is 7.00. The summed E-state index contributed by atoms with van der Waals surface area (Å²) in [5.74, 6) is 4.60.